The fourth-order valence-corrected chi connectivity index (χ4v) is 3.03. The van der Waals surface area contributed by atoms with Gasteiger partial charge >= 0.3 is 0 Å². The molecule has 2 N–H and O–H groups in total. The highest BCUT2D eigenvalue weighted by atomic mass is 32.1. The fraction of sp³-hybridized carbons (Fsp3) is 0.267. The predicted octanol–water partition coefficient (Wildman–Crippen LogP) is 3.31. The number of ether oxygens (including phenoxy) is 1. The summed E-state index contributed by atoms with van der Waals surface area (Å²) in [6.07, 6.45) is 1.95. The smallest absolute Gasteiger partial charge is 0.231 e. The zero-order valence-electron chi connectivity index (χ0n) is 12.3. The van der Waals surface area contributed by atoms with Crippen molar-refractivity contribution in [2.24, 2.45) is 0 Å². The topological polar surface area (TPSA) is 53.2 Å². The number of anilines is 2. The summed E-state index contributed by atoms with van der Waals surface area (Å²) in [5.41, 5.74) is 2.23. The SMILES string of the molecule is COc1nc(N(C)C)sc1CNc1ccc2[nH]ccc2c1. The summed E-state index contributed by atoms with van der Waals surface area (Å²) in [5, 5.41) is 5.58. The minimum atomic E-state index is 0.693. The van der Waals surface area contributed by atoms with E-state index in [1.54, 1.807) is 18.4 Å². The highest BCUT2D eigenvalue weighted by molar-refractivity contribution is 7.15. The molecule has 0 radical (unpaired) electrons. The van der Waals surface area contributed by atoms with Crippen molar-refractivity contribution in [3.63, 3.8) is 0 Å². The molecule has 0 atom stereocenters. The average Bonchev–Trinajstić information content (AvgIpc) is 3.10. The van der Waals surface area contributed by atoms with Crippen LogP contribution >= 0.6 is 11.3 Å². The lowest BCUT2D eigenvalue weighted by molar-refractivity contribution is 0.397. The van der Waals surface area contributed by atoms with Gasteiger partial charge in [-0.15, -0.1) is 0 Å². The van der Waals surface area contributed by atoms with E-state index in [0.717, 1.165) is 21.2 Å². The molecule has 0 aliphatic heterocycles. The number of nitrogens with zero attached hydrogens (tertiary/aromatic N) is 2. The van der Waals surface area contributed by atoms with Crippen LogP contribution in [-0.2, 0) is 6.54 Å². The molecule has 5 nitrogen and oxygen atoms in total. The fourth-order valence-electron chi connectivity index (χ4n) is 2.13. The van der Waals surface area contributed by atoms with Gasteiger partial charge in [-0.3, -0.25) is 0 Å². The Labute approximate surface area is 127 Å². The van der Waals surface area contributed by atoms with Gasteiger partial charge in [0.25, 0.3) is 0 Å². The summed E-state index contributed by atoms with van der Waals surface area (Å²) in [6.45, 7) is 0.699. The van der Waals surface area contributed by atoms with Crippen LogP contribution in [-0.4, -0.2) is 31.2 Å². The lowest BCUT2D eigenvalue weighted by Gasteiger charge is -2.06. The van der Waals surface area contributed by atoms with Gasteiger partial charge in [0.2, 0.25) is 5.88 Å². The number of fused-ring (bicyclic) bond motifs is 1. The number of aromatic nitrogens is 2. The van der Waals surface area contributed by atoms with Gasteiger partial charge in [-0.2, -0.15) is 4.98 Å². The summed E-state index contributed by atoms with van der Waals surface area (Å²) < 4.78 is 5.35. The van der Waals surface area contributed by atoms with Crippen LogP contribution in [0.2, 0.25) is 0 Å². The van der Waals surface area contributed by atoms with Crippen LogP contribution in [0.4, 0.5) is 10.8 Å². The zero-order chi connectivity index (χ0) is 14.8. The maximum absolute atomic E-state index is 5.35. The largest absolute Gasteiger partial charge is 0.480 e. The first-order valence-corrected chi connectivity index (χ1v) is 7.51. The van der Waals surface area contributed by atoms with E-state index in [2.05, 4.69) is 39.6 Å². The Morgan fingerprint density at radius 1 is 1.33 bits per heavy atom. The molecule has 1 aromatic carbocycles. The van der Waals surface area contributed by atoms with E-state index in [1.807, 2.05) is 25.2 Å². The molecule has 0 aliphatic rings. The molecular weight excluding hydrogens is 284 g/mol. The third kappa shape index (κ3) is 2.80. The summed E-state index contributed by atoms with van der Waals surface area (Å²) in [6, 6.07) is 8.34. The first-order valence-electron chi connectivity index (χ1n) is 6.69. The Balaban J connectivity index is 1.77. The lowest BCUT2D eigenvalue weighted by atomic mass is 10.2. The quantitative estimate of drug-likeness (QED) is 0.759. The minimum absolute atomic E-state index is 0.693. The van der Waals surface area contributed by atoms with E-state index in [-0.39, 0.29) is 0 Å². The maximum atomic E-state index is 5.35. The van der Waals surface area contributed by atoms with Gasteiger partial charge < -0.3 is 19.9 Å². The highest BCUT2D eigenvalue weighted by Gasteiger charge is 2.12. The molecule has 2 heterocycles. The third-order valence-electron chi connectivity index (χ3n) is 3.23. The molecule has 0 spiro atoms. The zero-order valence-corrected chi connectivity index (χ0v) is 13.1. The highest BCUT2D eigenvalue weighted by Crippen LogP contribution is 2.31. The number of aromatic amines is 1. The molecule has 2 aromatic heterocycles. The summed E-state index contributed by atoms with van der Waals surface area (Å²) >= 11 is 1.64. The molecule has 3 rings (SSSR count). The average molecular weight is 302 g/mol. The van der Waals surface area contributed by atoms with Gasteiger partial charge in [-0.25, -0.2) is 0 Å². The number of methoxy groups -OCH3 is 1. The Bertz CT molecular complexity index is 747. The van der Waals surface area contributed by atoms with Crippen molar-refractivity contribution in [2.45, 2.75) is 6.54 Å². The van der Waals surface area contributed by atoms with Gasteiger partial charge in [0.15, 0.2) is 5.13 Å². The predicted molar refractivity (Wildman–Crippen MR) is 88.6 cm³/mol. The molecule has 0 saturated carbocycles. The van der Waals surface area contributed by atoms with Crippen LogP contribution < -0.4 is 15.0 Å². The molecule has 0 bridgehead atoms. The monoisotopic (exact) mass is 302 g/mol. The van der Waals surface area contributed by atoms with Crippen molar-refractivity contribution in [3.05, 3.63) is 35.3 Å². The summed E-state index contributed by atoms with van der Waals surface area (Å²) in [5.74, 6) is 0.693. The number of benzene rings is 1. The molecule has 3 aromatic rings. The lowest BCUT2D eigenvalue weighted by Crippen LogP contribution is -2.07. The van der Waals surface area contributed by atoms with Crippen LogP contribution in [0.25, 0.3) is 10.9 Å². The first-order chi connectivity index (χ1) is 10.2. The van der Waals surface area contributed by atoms with Crippen molar-refractivity contribution in [3.8, 4) is 5.88 Å². The molecule has 0 amide bonds. The molecule has 21 heavy (non-hydrogen) atoms. The van der Waals surface area contributed by atoms with Gasteiger partial charge in [-0.1, -0.05) is 11.3 Å². The molecule has 0 fully saturated rings. The van der Waals surface area contributed by atoms with Crippen molar-refractivity contribution < 1.29 is 4.74 Å². The van der Waals surface area contributed by atoms with Gasteiger partial charge in [0.05, 0.1) is 18.5 Å². The Morgan fingerprint density at radius 3 is 2.95 bits per heavy atom. The Kier molecular flexibility index (Phi) is 3.70. The van der Waals surface area contributed by atoms with Crippen molar-refractivity contribution >= 4 is 33.1 Å². The number of nitrogens with one attached hydrogen (secondary N) is 2. The van der Waals surface area contributed by atoms with E-state index >= 15 is 0 Å². The number of H-pyrrole nitrogens is 1. The third-order valence-corrected chi connectivity index (χ3v) is 4.44. The Morgan fingerprint density at radius 2 is 2.19 bits per heavy atom. The summed E-state index contributed by atoms with van der Waals surface area (Å²) in [4.78, 5) is 10.7. The minimum Gasteiger partial charge on any atom is -0.480 e. The maximum Gasteiger partial charge on any atom is 0.231 e. The van der Waals surface area contributed by atoms with E-state index in [0.29, 0.717) is 12.4 Å². The molecule has 6 heteroatoms. The molecule has 0 aliphatic carbocycles. The normalized spacial score (nSPS) is 10.8. The van der Waals surface area contributed by atoms with Crippen molar-refractivity contribution in [2.75, 3.05) is 31.4 Å². The summed E-state index contributed by atoms with van der Waals surface area (Å²) in [7, 11) is 5.62. The van der Waals surface area contributed by atoms with Crippen LogP contribution in [0.5, 0.6) is 5.88 Å². The second-order valence-corrected chi connectivity index (χ2v) is 6.02. The first kappa shape index (κ1) is 13.8. The number of rotatable bonds is 5. The van der Waals surface area contributed by atoms with Crippen LogP contribution in [0.15, 0.2) is 30.5 Å². The molecule has 0 saturated heterocycles. The van der Waals surface area contributed by atoms with Crippen molar-refractivity contribution in [1.29, 1.82) is 0 Å². The van der Waals surface area contributed by atoms with E-state index in [4.69, 9.17) is 4.74 Å². The standard InChI is InChI=1S/C15H18N4OS/c1-19(2)15-18-14(20-3)13(21-15)9-17-11-4-5-12-10(8-11)6-7-16-12/h4-8,16-17H,9H2,1-3H3. The van der Waals surface area contributed by atoms with Gasteiger partial charge in [0, 0.05) is 36.9 Å². The van der Waals surface area contributed by atoms with E-state index < -0.39 is 0 Å². The van der Waals surface area contributed by atoms with Crippen molar-refractivity contribution in [1.82, 2.24) is 9.97 Å². The van der Waals surface area contributed by atoms with Crippen LogP contribution in [0, 0.1) is 0 Å². The molecular formula is C15H18N4OS. The second-order valence-electron chi connectivity index (χ2n) is 4.96. The van der Waals surface area contributed by atoms with E-state index in [1.165, 1.54) is 5.39 Å². The Hall–Kier alpha value is -2.21. The van der Waals surface area contributed by atoms with Crippen LogP contribution in [0.1, 0.15) is 4.88 Å². The molecule has 0 unspecified atom stereocenters. The molecule has 110 valence electrons. The van der Waals surface area contributed by atoms with E-state index in [9.17, 15) is 0 Å². The van der Waals surface area contributed by atoms with Crippen LogP contribution in [0.3, 0.4) is 0 Å². The number of thiazole rings is 1. The van der Waals surface area contributed by atoms with Gasteiger partial charge in [0.1, 0.15) is 0 Å². The van der Waals surface area contributed by atoms with Gasteiger partial charge in [-0.05, 0) is 24.3 Å². The number of hydrogen-bond acceptors (Lipinski definition) is 5. The second kappa shape index (κ2) is 5.65. The number of hydrogen-bond donors (Lipinski definition) is 2.